The number of anilines is 2. The van der Waals surface area contributed by atoms with Crippen molar-refractivity contribution in [2.75, 3.05) is 30.0 Å². The molecule has 0 N–H and O–H groups in total. The summed E-state index contributed by atoms with van der Waals surface area (Å²) in [5, 5.41) is 0. The summed E-state index contributed by atoms with van der Waals surface area (Å²) < 4.78 is 85.4. The number of methoxy groups -OCH3 is 1. The first kappa shape index (κ1) is 22.7. The molecule has 0 bridgehead atoms. The first-order valence-corrected chi connectivity index (χ1v) is 9.90. The average Bonchev–Trinajstić information content (AvgIpc) is 2.66. The number of alkyl halides is 6. The minimum Gasteiger partial charge on any atom is -0.467 e. The van der Waals surface area contributed by atoms with Gasteiger partial charge in [-0.2, -0.15) is 41.3 Å². The second kappa shape index (κ2) is 8.26. The van der Waals surface area contributed by atoms with Crippen LogP contribution in [0.2, 0.25) is 0 Å². The topological polar surface area (TPSA) is 54.4 Å². The van der Waals surface area contributed by atoms with Crippen molar-refractivity contribution < 1.29 is 31.1 Å². The molecule has 0 aromatic carbocycles. The standard InChI is InChI=1S/C18H25F6N5O/c1-10-12(17(19,20)21)6-4-8-28(10)14-25-15(27-16(26-14)30-3)29-9-5-7-13(11(29)2)18(22,23)24/h10-13H,4-9H2,1-3H3. The summed E-state index contributed by atoms with van der Waals surface area (Å²) in [5.41, 5.74) is 0. The predicted molar refractivity (Wildman–Crippen MR) is 97.6 cm³/mol. The molecule has 2 aliphatic rings. The molecule has 4 atom stereocenters. The van der Waals surface area contributed by atoms with E-state index in [2.05, 4.69) is 15.0 Å². The van der Waals surface area contributed by atoms with Crippen LogP contribution >= 0.6 is 0 Å². The van der Waals surface area contributed by atoms with E-state index in [1.54, 1.807) is 0 Å². The van der Waals surface area contributed by atoms with Gasteiger partial charge >= 0.3 is 18.4 Å². The number of hydrogen-bond acceptors (Lipinski definition) is 6. The number of aromatic nitrogens is 3. The average molecular weight is 441 g/mol. The Bertz CT molecular complexity index is 687. The van der Waals surface area contributed by atoms with Gasteiger partial charge in [-0.25, -0.2) is 0 Å². The van der Waals surface area contributed by atoms with Crippen LogP contribution in [0.1, 0.15) is 39.5 Å². The van der Waals surface area contributed by atoms with Crippen LogP contribution in [0.5, 0.6) is 6.01 Å². The van der Waals surface area contributed by atoms with E-state index in [4.69, 9.17) is 4.74 Å². The van der Waals surface area contributed by atoms with Crippen molar-refractivity contribution >= 4 is 11.9 Å². The molecule has 3 rings (SSSR count). The van der Waals surface area contributed by atoms with Gasteiger partial charge in [0.1, 0.15) is 0 Å². The van der Waals surface area contributed by atoms with Crippen LogP contribution in [-0.2, 0) is 0 Å². The van der Waals surface area contributed by atoms with Gasteiger partial charge in [0.2, 0.25) is 11.9 Å². The Labute approximate surface area is 170 Å². The maximum Gasteiger partial charge on any atom is 0.393 e. The second-order valence-electron chi connectivity index (χ2n) is 7.87. The fourth-order valence-electron chi connectivity index (χ4n) is 4.41. The van der Waals surface area contributed by atoms with Crippen LogP contribution in [0.15, 0.2) is 0 Å². The molecule has 4 unspecified atom stereocenters. The summed E-state index contributed by atoms with van der Waals surface area (Å²) >= 11 is 0. The van der Waals surface area contributed by atoms with Gasteiger partial charge in [0, 0.05) is 25.2 Å². The molecule has 1 aromatic heterocycles. The van der Waals surface area contributed by atoms with Crippen LogP contribution < -0.4 is 14.5 Å². The lowest BCUT2D eigenvalue weighted by Gasteiger charge is -2.41. The van der Waals surface area contributed by atoms with Crippen LogP contribution in [0.4, 0.5) is 38.2 Å². The minimum atomic E-state index is -4.36. The van der Waals surface area contributed by atoms with Gasteiger partial charge in [-0.3, -0.25) is 0 Å². The molecule has 0 spiro atoms. The van der Waals surface area contributed by atoms with Gasteiger partial charge in [-0.15, -0.1) is 0 Å². The van der Waals surface area contributed by atoms with Gasteiger partial charge in [0.25, 0.3) is 0 Å². The quantitative estimate of drug-likeness (QED) is 0.655. The lowest BCUT2D eigenvalue weighted by molar-refractivity contribution is -0.184. The third kappa shape index (κ3) is 4.51. The van der Waals surface area contributed by atoms with E-state index in [0.29, 0.717) is 25.9 Å². The normalized spacial score (nSPS) is 28.6. The first-order chi connectivity index (χ1) is 13.9. The van der Waals surface area contributed by atoms with Gasteiger partial charge < -0.3 is 14.5 Å². The van der Waals surface area contributed by atoms with Crippen LogP contribution in [0.25, 0.3) is 0 Å². The minimum absolute atomic E-state index is 0.00661. The summed E-state index contributed by atoms with van der Waals surface area (Å²) in [6.45, 7) is 3.52. The van der Waals surface area contributed by atoms with E-state index in [9.17, 15) is 26.3 Å². The Morgan fingerprint density at radius 1 is 0.767 bits per heavy atom. The fraction of sp³-hybridized carbons (Fsp3) is 0.833. The smallest absolute Gasteiger partial charge is 0.393 e. The molecule has 6 nitrogen and oxygen atoms in total. The zero-order valence-corrected chi connectivity index (χ0v) is 17.0. The molecule has 2 fully saturated rings. The van der Waals surface area contributed by atoms with Crippen LogP contribution in [-0.4, -0.2) is 59.6 Å². The lowest BCUT2D eigenvalue weighted by Crippen LogP contribution is -2.51. The molecule has 0 saturated carbocycles. The van der Waals surface area contributed by atoms with Crippen molar-refractivity contribution in [3.63, 3.8) is 0 Å². The Morgan fingerprint density at radius 2 is 1.17 bits per heavy atom. The molecule has 0 aliphatic carbocycles. The lowest BCUT2D eigenvalue weighted by atomic mass is 9.90. The van der Waals surface area contributed by atoms with E-state index in [0.717, 1.165) is 0 Å². The van der Waals surface area contributed by atoms with Crippen molar-refractivity contribution in [2.45, 2.75) is 64.0 Å². The molecule has 2 saturated heterocycles. The Hall–Kier alpha value is -2.01. The molecule has 0 amide bonds. The third-order valence-electron chi connectivity index (χ3n) is 6.10. The third-order valence-corrected chi connectivity index (χ3v) is 6.10. The van der Waals surface area contributed by atoms with Gasteiger partial charge in [-0.05, 0) is 39.5 Å². The molecule has 12 heteroatoms. The largest absolute Gasteiger partial charge is 0.467 e. The Kier molecular flexibility index (Phi) is 6.24. The molecule has 1 aromatic rings. The summed E-state index contributed by atoms with van der Waals surface area (Å²) in [7, 11) is 1.29. The van der Waals surface area contributed by atoms with Crippen molar-refractivity contribution in [3.8, 4) is 6.01 Å². The van der Waals surface area contributed by atoms with Crippen LogP contribution in [0, 0.1) is 11.8 Å². The van der Waals surface area contributed by atoms with Crippen molar-refractivity contribution in [1.82, 2.24) is 15.0 Å². The Morgan fingerprint density at radius 3 is 1.50 bits per heavy atom. The molecule has 3 heterocycles. The maximum atomic E-state index is 13.4. The number of ether oxygens (including phenoxy) is 1. The molecular weight excluding hydrogens is 416 g/mol. The zero-order chi connectivity index (χ0) is 22.3. The van der Waals surface area contributed by atoms with Crippen LogP contribution in [0.3, 0.4) is 0 Å². The van der Waals surface area contributed by atoms with E-state index in [1.807, 2.05) is 0 Å². The highest BCUT2D eigenvalue weighted by Gasteiger charge is 2.48. The summed E-state index contributed by atoms with van der Waals surface area (Å²) in [5.74, 6) is -3.11. The number of piperidine rings is 2. The van der Waals surface area contributed by atoms with Crippen molar-refractivity contribution in [3.05, 3.63) is 0 Å². The summed E-state index contributed by atoms with van der Waals surface area (Å²) in [4.78, 5) is 15.3. The highest BCUT2D eigenvalue weighted by atomic mass is 19.4. The van der Waals surface area contributed by atoms with E-state index in [1.165, 1.54) is 30.8 Å². The molecular formula is C18H25F6N5O. The predicted octanol–water partition coefficient (Wildman–Crippen LogP) is 4.21. The highest BCUT2D eigenvalue weighted by molar-refractivity contribution is 5.43. The van der Waals surface area contributed by atoms with E-state index >= 15 is 0 Å². The summed E-state index contributed by atoms with van der Waals surface area (Å²) in [6, 6.07) is -1.97. The SMILES string of the molecule is COc1nc(N2CCCC(C(F)(F)F)C2C)nc(N2CCCC(C(F)(F)F)C2C)n1. The van der Waals surface area contributed by atoms with Crippen molar-refractivity contribution in [2.24, 2.45) is 11.8 Å². The van der Waals surface area contributed by atoms with Gasteiger partial charge in [0.05, 0.1) is 18.9 Å². The number of halogens is 6. The highest BCUT2D eigenvalue weighted by Crippen LogP contribution is 2.40. The molecule has 30 heavy (non-hydrogen) atoms. The monoisotopic (exact) mass is 441 g/mol. The molecule has 170 valence electrons. The van der Waals surface area contributed by atoms with E-state index < -0.39 is 36.3 Å². The fourth-order valence-corrected chi connectivity index (χ4v) is 4.41. The number of hydrogen-bond donors (Lipinski definition) is 0. The number of rotatable bonds is 3. The Balaban J connectivity index is 1.94. The van der Waals surface area contributed by atoms with E-state index in [-0.39, 0.29) is 30.7 Å². The molecule has 0 radical (unpaired) electrons. The zero-order valence-electron chi connectivity index (χ0n) is 17.0. The first-order valence-electron chi connectivity index (χ1n) is 9.90. The second-order valence-corrected chi connectivity index (χ2v) is 7.87. The maximum absolute atomic E-state index is 13.4. The van der Waals surface area contributed by atoms with Crippen molar-refractivity contribution in [1.29, 1.82) is 0 Å². The number of nitrogens with zero attached hydrogens (tertiary/aromatic N) is 5. The van der Waals surface area contributed by atoms with Gasteiger partial charge in [-0.1, -0.05) is 0 Å². The molecule has 2 aliphatic heterocycles. The van der Waals surface area contributed by atoms with Gasteiger partial charge in [0.15, 0.2) is 0 Å². The summed E-state index contributed by atoms with van der Waals surface area (Å²) in [6.07, 6.45) is -8.11.